The minimum atomic E-state index is -0.109. The smallest absolute Gasteiger partial charge is 0.238 e. The predicted molar refractivity (Wildman–Crippen MR) is 87.9 cm³/mol. The number of fused-ring (bicyclic) bond motifs is 1. The van der Waals surface area contributed by atoms with Gasteiger partial charge >= 0.3 is 0 Å². The molecule has 0 spiro atoms. The number of carbonyl (C=O) groups is 1. The van der Waals surface area contributed by atoms with E-state index in [1.807, 2.05) is 25.8 Å². The summed E-state index contributed by atoms with van der Waals surface area (Å²) < 4.78 is 10.5. The Bertz CT molecular complexity index is 498. The van der Waals surface area contributed by atoms with Crippen LogP contribution in [0.3, 0.4) is 0 Å². The van der Waals surface area contributed by atoms with Crippen LogP contribution >= 0.6 is 24.8 Å². The predicted octanol–water partition coefficient (Wildman–Crippen LogP) is 2.12. The summed E-state index contributed by atoms with van der Waals surface area (Å²) in [5.41, 5.74) is 6.88. The molecule has 0 saturated carbocycles. The summed E-state index contributed by atoms with van der Waals surface area (Å²) in [5.74, 6) is 1.10. The zero-order chi connectivity index (χ0) is 14.0. The van der Waals surface area contributed by atoms with Gasteiger partial charge in [0.2, 0.25) is 12.7 Å². The second-order valence-electron chi connectivity index (χ2n) is 4.85. The molecule has 0 aliphatic carbocycles. The van der Waals surface area contributed by atoms with Gasteiger partial charge in [-0.3, -0.25) is 9.69 Å². The zero-order valence-electron chi connectivity index (χ0n) is 12.2. The molecular weight excluding hydrogens is 317 g/mol. The molecule has 0 bridgehead atoms. The molecule has 3 N–H and O–H groups in total. The van der Waals surface area contributed by atoms with Crippen LogP contribution in [-0.4, -0.2) is 37.2 Å². The molecule has 1 heterocycles. The quantitative estimate of drug-likeness (QED) is 0.823. The number of rotatable bonds is 4. The van der Waals surface area contributed by atoms with Crippen LogP contribution in [0, 0.1) is 0 Å². The number of halogens is 2. The maximum absolute atomic E-state index is 11.9. The van der Waals surface area contributed by atoms with Crippen molar-refractivity contribution in [2.45, 2.75) is 19.9 Å². The summed E-state index contributed by atoms with van der Waals surface area (Å²) in [6, 6.07) is 3.65. The molecule has 21 heavy (non-hydrogen) atoms. The number of nitrogens with two attached hydrogens (primary N) is 1. The van der Waals surface area contributed by atoms with Gasteiger partial charge in [-0.2, -0.15) is 0 Å². The number of amides is 1. The summed E-state index contributed by atoms with van der Waals surface area (Å²) in [6.45, 7) is 4.55. The second kappa shape index (κ2) is 8.17. The van der Waals surface area contributed by atoms with Crippen molar-refractivity contribution in [1.29, 1.82) is 0 Å². The molecule has 1 aliphatic heterocycles. The fourth-order valence-electron chi connectivity index (χ4n) is 1.66. The van der Waals surface area contributed by atoms with Crippen LogP contribution in [0.5, 0.6) is 11.5 Å². The molecule has 0 aromatic heterocycles. The first-order valence-electron chi connectivity index (χ1n) is 6.16. The second-order valence-corrected chi connectivity index (χ2v) is 4.85. The lowest BCUT2D eigenvalue weighted by Crippen LogP contribution is -2.34. The van der Waals surface area contributed by atoms with Gasteiger partial charge in [0.25, 0.3) is 0 Å². The highest BCUT2D eigenvalue weighted by molar-refractivity contribution is 5.95. The molecule has 1 aromatic rings. The Kier molecular flexibility index (Phi) is 7.63. The standard InChI is InChI=1S/C13H19N3O3.2ClH/c1-8(2)16(3)6-13(17)15-10-5-12-11(4-9(10)14)18-7-19-12;;/h4-5,8H,6-7,14H2,1-3H3,(H,15,17);2*1H. The number of nitrogens with one attached hydrogen (secondary N) is 1. The molecule has 8 heteroatoms. The summed E-state index contributed by atoms with van der Waals surface area (Å²) >= 11 is 0. The summed E-state index contributed by atoms with van der Waals surface area (Å²) in [6.07, 6.45) is 0. The molecule has 1 aliphatic rings. The van der Waals surface area contributed by atoms with Crippen LogP contribution in [0.4, 0.5) is 11.4 Å². The average molecular weight is 338 g/mol. The van der Waals surface area contributed by atoms with Crippen molar-refractivity contribution in [3.05, 3.63) is 12.1 Å². The third kappa shape index (κ3) is 4.84. The summed E-state index contributed by atoms with van der Waals surface area (Å²) in [5, 5.41) is 2.78. The van der Waals surface area contributed by atoms with Crippen LogP contribution in [0.15, 0.2) is 12.1 Å². The van der Waals surface area contributed by atoms with Gasteiger partial charge < -0.3 is 20.5 Å². The lowest BCUT2D eigenvalue weighted by molar-refractivity contribution is -0.117. The number of ether oxygens (including phenoxy) is 2. The number of hydrogen-bond donors (Lipinski definition) is 2. The van der Waals surface area contributed by atoms with E-state index >= 15 is 0 Å². The van der Waals surface area contributed by atoms with E-state index in [1.165, 1.54) is 0 Å². The first-order chi connectivity index (χ1) is 8.97. The van der Waals surface area contributed by atoms with Crippen LogP contribution in [0.2, 0.25) is 0 Å². The number of anilines is 2. The highest BCUT2D eigenvalue weighted by atomic mass is 35.5. The molecule has 0 saturated heterocycles. The fraction of sp³-hybridized carbons (Fsp3) is 0.462. The first kappa shape index (κ1) is 19.6. The van der Waals surface area contributed by atoms with Crippen LogP contribution < -0.4 is 20.5 Å². The molecule has 1 amide bonds. The zero-order valence-corrected chi connectivity index (χ0v) is 13.8. The Hall–Kier alpha value is -1.37. The minimum absolute atomic E-state index is 0. The Morgan fingerprint density at radius 3 is 2.48 bits per heavy atom. The molecule has 1 aromatic carbocycles. The van der Waals surface area contributed by atoms with Gasteiger partial charge in [0, 0.05) is 18.2 Å². The number of benzene rings is 1. The molecular formula is C13H21Cl2N3O3. The van der Waals surface area contributed by atoms with Gasteiger partial charge in [-0.05, 0) is 20.9 Å². The van der Waals surface area contributed by atoms with Crippen molar-refractivity contribution >= 4 is 42.1 Å². The van der Waals surface area contributed by atoms with Gasteiger partial charge in [0.15, 0.2) is 11.5 Å². The summed E-state index contributed by atoms with van der Waals surface area (Å²) in [7, 11) is 1.90. The molecule has 0 fully saturated rings. The third-order valence-corrected chi connectivity index (χ3v) is 3.09. The van der Waals surface area contributed by atoms with E-state index in [0.29, 0.717) is 35.5 Å². The van der Waals surface area contributed by atoms with E-state index in [-0.39, 0.29) is 37.5 Å². The van der Waals surface area contributed by atoms with E-state index in [9.17, 15) is 4.79 Å². The maximum atomic E-state index is 11.9. The van der Waals surface area contributed by atoms with Crippen LogP contribution in [-0.2, 0) is 4.79 Å². The Morgan fingerprint density at radius 1 is 1.33 bits per heavy atom. The third-order valence-electron chi connectivity index (χ3n) is 3.09. The maximum Gasteiger partial charge on any atom is 0.238 e. The van der Waals surface area contributed by atoms with E-state index in [1.54, 1.807) is 12.1 Å². The number of nitrogen functional groups attached to an aromatic ring is 1. The number of nitrogens with zero attached hydrogens (tertiary/aromatic N) is 1. The Morgan fingerprint density at radius 2 is 1.90 bits per heavy atom. The SMILES string of the molecule is CC(C)N(C)CC(=O)Nc1cc2c(cc1N)OCO2.Cl.Cl. The largest absolute Gasteiger partial charge is 0.454 e. The number of likely N-dealkylation sites (N-methyl/N-ethyl adjacent to an activating group) is 1. The van der Waals surface area contributed by atoms with E-state index in [0.717, 1.165) is 0 Å². The molecule has 0 unspecified atom stereocenters. The normalized spacial score (nSPS) is 11.9. The van der Waals surface area contributed by atoms with Crippen molar-refractivity contribution in [1.82, 2.24) is 4.90 Å². The van der Waals surface area contributed by atoms with Gasteiger partial charge in [0.1, 0.15) is 0 Å². The molecule has 6 nitrogen and oxygen atoms in total. The lowest BCUT2D eigenvalue weighted by atomic mass is 10.2. The van der Waals surface area contributed by atoms with Gasteiger partial charge in [-0.1, -0.05) is 0 Å². The minimum Gasteiger partial charge on any atom is -0.454 e. The molecule has 0 atom stereocenters. The van der Waals surface area contributed by atoms with Gasteiger partial charge in [-0.25, -0.2) is 0 Å². The number of hydrogen-bond acceptors (Lipinski definition) is 5. The molecule has 2 rings (SSSR count). The van der Waals surface area contributed by atoms with Gasteiger partial charge in [0.05, 0.1) is 17.9 Å². The topological polar surface area (TPSA) is 76.8 Å². The average Bonchev–Trinajstić information content (AvgIpc) is 2.76. The van der Waals surface area contributed by atoms with E-state index in [2.05, 4.69) is 5.32 Å². The van der Waals surface area contributed by atoms with E-state index < -0.39 is 0 Å². The van der Waals surface area contributed by atoms with Crippen LogP contribution in [0.1, 0.15) is 13.8 Å². The Balaban J connectivity index is 0.00000200. The number of carbonyl (C=O) groups excluding carboxylic acids is 1. The monoisotopic (exact) mass is 337 g/mol. The lowest BCUT2D eigenvalue weighted by Gasteiger charge is -2.20. The van der Waals surface area contributed by atoms with E-state index in [4.69, 9.17) is 15.2 Å². The first-order valence-corrected chi connectivity index (χ1v) is 6.16. The van der Waals surface area contributed by atoms with Crippen LogP contribution in [0.25, 0.3) is 0 Å². The molecule has 120 valence electrons. The van der Waals surface area contributed by atoms with Gasteiger partial charge in [-0.15, -0.1) is 24.8 Å². The highest BCUT2D eigenvalue weighted by Gasteiger charge is 2.17. The van der Waals surface area contributed by atoms with Crippen molar-refractivity contribution < 1.29 is 14.3 Å². The van der Waals surface area contributed by atoms with Crippen molar-refractivity contribution in [2.75, 3.05) is 31.4 Å². The fourth-order valence-corrected chi connectivity index (χ4v) is 1.66. The van der Waals surface area contributed by atoms with Crippen molar-refractivity contribution in [3.63, 3.8) is 0 Å². The molecule has 0 radical (unpaired) electrons. The summed E-state index contributed by atoms with van der Waals surface area (Å²) in [4.78, 5) is 13.8. The highest BCUT2D eigenvalue weighted by Crippen LogP contribution is 2.38. The van der Waals surface area contributed by atoms with Crippen molar-refractivity contribution in [2.24, 2.45) is 0 Å². The van der Waals surface area contributed by atoms with Crippen molar-refractivity contribution in [3.8, 4) is 11.5 Å². The Labute approximate surface area is 136 Å².